The molecule has 0 saturated carbocycles. The summed E-state index contributed by atoms with van der Waals surface area (Å²) in [4.78, 5) is 13.9. The summed E-state index contributed by atoms with van der Waals surface area (Å²) in [5, 5.41) is 30.3. The van der Waals surface area contributed by atoms with Crippen molar-refractivity contribution in [3.63, 3.8) is 0 Å². The standard InChI is InChI=1S/C17H17ClFN2O9PS/c18-10-1-2-11-8(3-10)6-27-31(26,30-11)28-7-17(19)13(24)12(23)15(29-17)21-4-9(5-22)14(25)20-16(21)32/h1-4,12-13,15,22-24H,5-7H2,(H,20,25,32)/t12-,13+,15-,17-,31?/m1/s1/i7D2. The van der Waals surface area contributed by atoms with Gasteiger partial charge in [-0.25, -0.2) is 8.96 Å². The van der Waals surface area contributed by atoms with Gasteiger partial charge in [-0.05, 0) is 30.4 Å². The Bertz CT molecular complexity index is 1300. The highest BCUT2D eigenvalue weighted by Crippen LogP contribution is 2.56. The summed E-state index contributed by atoms with van der Waals surface area (Å²) in [7, 11) is -4.78. The minimum atomic E-state index is -4.78. The molecule has 1 aromatic heterocycles. The highest BCUT2D eigenvalue weighted by atomic mass is 35.5. The summed E-state index contributed by atoms with van der Waals surface area (Å²) < 4.78 is 65.0. The Morgan fingerprint density at radius 2 is 2.25 bits per heavy atom. The zero-order valence-corrected chi connectivity index (χ0v) is 18.3. The number of rotatable bonds is 5. The number of aliphatic hydroxyl groups excluding tert-OH is 3. The van der Waals surface area contributed by atoms with Crippen LogP contribution in [-0.2, 0) is 31.6 Å². The predicted octanol–water partition coefficient (Wildman–Crippen LogP) is 1.70. The third-order valence-corrected chi connectivity index (χ3v) is 6.41. The number of halogens is 2. The van der Waals surface area contributed by atoms with Crippen molar-refractivity contribution in [2.75, 3.05) is 6.56 Å². The molecular formula is C17H17ClFN2O9PS. The van der Waals surface area contributed by atoms with E-state index in [4.69, 9.17) is 44.9 Å². The molecule has 0 aliphatic carbocycles. The summed E-state index contributed by atoms with van der Waals surface area (Å²) in [6.45, 7) is -4.81. The highest BCUT2D eigenvalue weighted by Gasteiger charge is 2.57. The number of alkyl halides is 1. The summed E-state index contributed by atoms with van der Waals surface area (Å²) >= 11 is 10.8. The number of fused-ring (bicyclic) bond motifs is 1. The van der Waals surface area contributed by atoms with E-state index in [9.17, 15) is 24.7 Å². The topological polar surface area (TPSA) is 152 Å². The fourth-order valence-corrected chi connectivity index (χ4v) is 4.57. The first-order valence-corrected chi connectivity index (χ1v) is 11.2. The van der Waals surface area contributed by atoms with Crippen LogP contribution >= 0.6 is 31.6 Å². The van der Waals surface area contributed by atoms with E-state index in [1.807, 2.05) is 0 Å². The van der Waals surface area contributed by atoms with Crippen LogP contribution in [0.5, 0.6) is 5.75 Å². The quantitative estimate of drug-likeness (QED) is 0.344. The lowest BCUT2D eigenvalue weighted by Crippen LogP contribution is -2.43. The molecule has 1 unspecified atom stereocenters. The molecule has 3 heterocycles. The fourth-order valence-electron chi connectivity index (χ4n) is 3.03. The number of hydrogen-bond donors (Lipinski definition) is 4. The van der Waals surface area contributed by atoms with Gasteiger partial charge < -0.3 is 24.6 Å². The molecule has 1 saturated heterocycles. The van der Waals surface area contributed by atoms with Gasteiger partial charge in [-0.15, -0.1) is 0 Å². The van der Waals surface area contributed by atoms with Gasteiger partial charge in [-0.2, -0.15) is 0 Å². The van der Waals surface area contributed by atoms with E-state index in [1.54, 1.807) is 0 Å². The van der Waals surface area contributed by atoms with Gasteiger partial charge in [0.1, 0.15) is 24.5 Å². The number of hydrogen-bond acceptors (Lipinski definition) is 10. The molecule has 32 heavy (non-hydrogen) atoms. The molecule has 1 fully saturated rings. The van der Waals surface area contributed by atoms with Gasteiger partial charge in [0.15, 0.2) is 11.0 Å². The number of benzene rings is 1. The van der Waals surface area contributed by atoms with Crippen molar-refractivity contribution in [1.82, 2.24) is 9.55 Å². The molecule has 0 spiro atoms. The van der Waals surface area contributed by atoms with E-state index < -0.39 is 50.8 Å². The zero-order chi connectivity index (χ0) is 25.1. The van der Waals surface area contributed by atoms with Crippen LogP contribution in [0.4, 0.5) is 4.39 Å². The molecule has 4 rings (SSSR count). The largest absolute Gasteiger partial charge is 0.530 e. The fraction of sp³-hybridized carbons (Fsp3) is 0.412. The zero-order valence-electron chi connectivity index (χ0n) is 17.8. The molecule has 2 aliphatic heterocycles. The van der Waals surface area contributed by atoms with E-state index in [1.165, 1.54) is 18.2 Å². The number of nitrogens with one attached hydrogen (secondary N) is 1. The van der Waals surface area contributed by atoms with Crippen LogP contribution in [0.15, 0.2) is 29.2 Å². The lowest BCUT2D eigenvalue weighted by atomic mass is 10.1. The maximum atomic E-state index is 15.8. The van der Waals surface area contributed by atoms with Crippen LogP contribution in [-0.4, -0.2) is 49.5 Å². The lowest BCUT2D eigenvalue weighted by Gasteiger charge is -2.28. The van der Waals surface area contributed by atoms with Crippen LogP contribution in [0.3, 0.4) is 0 Å². The molecule has 0 amide bonds. The molecule has 4 N–H and O–H groups in total. The number of aliphatic hydroxyl groups is 3. The predicted molar refractivity (Wildman–Crippen MR) is 108 cm³/mol. The Hall–Kier alpha value is -1.67. The Balaban J connectivity index is 1.63. The molecule has 1 aromatic carbocycles. The van der Waals surface area contributed by atoms with Crippen LogP contribution < -0.4 is 10.1 Å². The van der Waals surface area contributed by atoms with Crippen molar-refractivity contribution < 1.29 is 45.3 Å². The maximum absolute atomic E-state index is 15.8. The van der Waals surface area contributed by atoms with Crippen molar-refractivity contribution in [1.29, 1.82) is 0 Å². The summed E-state index contributed by atoms with van der Waals surface area (Å²) in [5.74, 6) is -3.82. The maximum Gasteiger partial charge on any atom is 0.530 e. The van der Waals surface area contributed by atoms with Crippen LogP contribution in [0.1, 0.15) is 20.1 Å². The SMILES string of the molecule is [2H]C([2H])(OP1(=O)OCc2cc(Cl)ccc2O1)[C@@]1(F)O[C@@H](n2cc(CO)c(=O)[nH]c2=S)[C@H](O)[C@@H]1O. The first-order chi connectivity index (χ1) is 15.8. The Morgan fingerprint density at radius 1 is 1.50 bits per heavy atom. The minimum Gasteiger partial charge on any atom is -0.404 e. The average molecular weight is 513 g/mol. The molecular weight excluding hydrogens is 494 g/mol. The van der Waals surface area contributed by atoms with Gasteiger partial charge in [-0.1, -0.05) is 11.6 Å². The number of phosphoric ester groups is 1. The lowest BCUT2D eigenvalue weighted by molar-refractivity contribution is -0.205. The molecule has 174 valence electrons. The summed E-state index contributed by atoms with van der Waals surface area (Å²) in [6, 6.07) is 4.18. The van der Waals surface area contributed by atoms with Crippen LogP contribution in [0.2, 0.25) is 5.02 Å². The number of nitrogens with zero attached hydrogens (tertiary/aromatic N) is 1. The van der Waals surface area contributed by atoms with Crippen molar-refractivity contribution in [3.8, 4) is 5.75 Å². The molecule has 2 aliphatic rings. The third kappa shape index (κ3) is 4.28. The van der Waals surface area contributed by atoms with E-state index in [0.29, 0.717) is 10.6 Å². The second-order valence-electron chi connectivity index (χ2n) is 6.83. The van der Waals surface area contributed by atoms with Crippen LogP contribution in [0.25, 0.3) is 0 Å². The second kappa shape index (κ2) is 8.60. The van der Waals surface area contributed by atoms with Gasteiger partial charge in [0.2, 0.25) is 0 Å². The van der Waals surface area contributed by atoms with E-state index in [-0.39, 0.29) is 22.7 Å². The second-order valence-corrected chi connectivity index (χ2v) is 9.17. The van der Waals surface area contributed by atoms with Crippen molar-refractivity contribution >= 4 is 31.6 Å². The molecule has 0 bridgehead atoms. The van der Waals surface area contributed by atoms with Gasteiger partial charge in [0.25, 0.3) is 11.4 Å². The normalized spacial score (nSPS) is 33.2. The summed E-state index contributed by atoms with van der Waals surface area (Å²) in [6.07, 6.45) is -5.64. The van der Waals surface area contributed by atoms with Gasteiger partial charge in [0.05, 0.1) is 21.5 Å². The monoisotopic (exact) mass is 512 g/mol. The van der Waals surface area contributed by atoms with Gasteiger partial charge in [-0.3, -0.25) is 23.4 Å². The average Bonchev–Trinajstić information content (AvgIpc) is 2.99. The highest BCUT2D eigenvalue weighted by molar-refractivity contribution is 7.71. The molecule has 5 atom stereocenters. The third-order valence-electron chi connectivity index (χ3n) is 4.68. The van der Waals surface area contributed by atoms with Crippen molar-refractivity contribution in [3.05, 3.63) is 55.7 Å². The number of aromatic amines is 1. The Kier molecular flexibility index (Phi) is 5.62. The van der Waals surface area contributed by atoms with Crippen LogP contribution in [0, 0.1) is 4.77 Å². The number of H-pyrrole nitrogens is 1. The molecule has 0 radical (unpaired) electrons. The van der Waals surface area contributed by atoms with E-state index >= 15 is 4.39 Å². The number of ether oxygens (including phenoxy) is 1. The first-order valence-electron chi connectivity index (χ1n) is 9.92. The molecule has 11 nitrogen and oxygen atoms in total. The summed E-state index contributed by atoms with van der Waals surface area (Å²) in [5.41, 5.74) is -0.618. The first kappa shape index (κ1) is 20.9. The van der Waals surface area contributed by atoms with E-state index in [0.717, 1.165) is 10.8 Å². The molecule has 15 heteroatoms. The van der Waals surface area contributed by atoms with Crippen molar-refractivity contribution in [2.24, 2.45) is 0 Å². The van der Waals surface area contributed by atoms with Crippen molar-refractivity contribution in [2.45, 2.75) is 37.5 Å². The Labute approximate surface area is 192 Å². The number of phosphoric acid groups is 1. The van der Waals surface area contributed by atoms with Gasteiger partial charge in [0, 0.05) is 16.8 Å². The van der Waals surface area contributed by atoms with Gasteiger partial charge >= 0.3 is 7.82 Å². The Morgan fingerprint density at radius 3 is 2.97 bits per heavy atom. The smallest absolute Gasteiger partial charge is 0.404 e. The molecule has 2 aromatic rings. The van der Waals surface area contributed by atoms with E-state index in [2.05, 4.69) is 4.98 Å². The minimum absolute atomic E-state index is 0.00966. The number of aromatic nitrogens is 2.